The normalized spacial score (nSPS) is 41.5. The molecule has 0 saturated heterocycles. The highest BCUT2D eigenvalue weighted by molar-refractivity contribution is 5.33. The van der Waals surface area contributed by atoms with Crippen molar-refractivity contribution < 1.29 is 0 Å². The molecule has 4 saturated carbocycles. The van der Waals surface area contributed by atoms with Crippen molar-refractivity contribution in [2.24, 2.45) is 17.8 Å². The van der Waals surface area contributed by atoms with Crippen LogP contribution in [0.2, 0.25) is 0 Å². The molecule has 18 heavy (non-hydrogen) atoms. The maximum absolute atomic E-state index is 6.24. The van der Waals surface area contributed by atoms with Crippen LogP contribution in [0.3, 0.4) is 0 Å². The Kier molecular flexibility index (Phi) is 2.13. The van der Waals surface area contributed by atoms with Crippen molar-refractivity contribution in [1.82, 2.24) is 9.78 Å². The van der Waals surface area contributed by atoms with Crippen molar-refractivity contribution in [3.05, 3.63) is 11.8 Å². The van der Waals surface area contributed by atoms with E-state index in [1.54, 1.807) is 0 Å². The molecule has 0 amide bonds. The first-order valence-corrected chi connectivity index (χ1v) is 7.53. The van der Waals surface area contributed by atoms with Gasteiger partial charge in [0, 0.05) is 6.07 Å². The number of aromatic nitrogens is 2. The fraction of sp³-hybridized carbons (Fsp3) is 0.800. The molecule has 0 radical (unpaired) electrons. The molecule has 0 aliphatic heterocycles. The summed E-state index contributed by atoms with van der Waals surface area (Å²) in [5.41, 5.74) is 7.68. The van der Waals surface area contributed by atoms with Crippen molar-refractivity contribution in [1.29, 1.82) is 0 Å². The van der Waals surface area contributed by atoms with Gasteiger partial charge in [-0.05, 0) is 62.7 Å². The van der Waals surface area contributed by atoms with Gasteiger partial charge in [0.1, 0.15) is 5.82 Å². The largest absolute Gasteiger partial charge is 0.384 e. The van der Waals surface area contributed by atoms with Gasteiger partial charge < -0.3 is 5.73 Å². The highest BCUT2D eigenvalue weighted by atomic mass is 15.4. The smallest absolute Gasteiger partial charge is 0.122 e. The van der Waals surface area contributed by atoms with Gasteiger partial charge in [-0.25, -0.2) is 4.68 Å². The van der Waals surface area contributed by atoms with E-state index in [4.69, 9.17) is 10.8 Å². The summed E-state index contributed by atoms with van der Waals surface area (Å²) in [4.78, 5) is 0. The molecular formula is C15H23N3. The van der Waals surface area contributed by atoms with Gasteiger partial charge in [-0.15, -0.1) is 0 Å². The second kappa shape index (κ2) is 3.52. The lowest BCUT2D eigenvalue weighted by molar-refractivity contribution is -0.0483. The predicted octanol–water partition coefficient (Wildman–Crippen LogP) is 2.95. The van der Waals surface area contributed by atoms with Gasteiger partial charge in [0.05, 0.1) is 11.2 Å². The van der Waals surface area contributed by atoms with Crippen molar-refractivity contribution >= 4 is 5.82 Å². The third-order valence-corrected chi connectivity index (χ3v) is 5.60. The van der Waals surface area contributed by atoms with E-state index in [1.807, 2.05) is 0 Å². The summed E-state index contributed by atoms with van der Waals surface area (Å²) in [6.45, 7) is 2.16. The standard InChI is InChI=1S/C15H23N3/c1-2-13-6-14(16)18(17-13)15-7-10-3-11(8-15)5-12(4-10)9-15/h6,10-12H,2-5,7-9,16H2,1H3. The van der Waals surface area contributed by atoms with Crippen LogP contribution in [0.25, 0.3) is 0 Å². The zero-order valence-corrected chi connectivity index (χ0v) is 11.2. The fourth-order valence-electron chi connectivity index (χ4n) is 5.32. The van der Waals surface area contributed by atoms with Crippen molar-refractivity contribution in [2.45, 2.75) is 57.4 Å². The third kappa shape index (κ3) is 1.39. The molecule has 1 aromatic rings. The second-order valence-corrected chi connectivity index (χ2v) is 6.97. The minimum absolute atomic E-state index is 0.284. The summed E-state index contributed by atoms with van der Waals surface area (Å²) in [6.07, 6.45) is 9.39. The molecule has 0 aromatic carbocycles. The summed E-state index contributed by atoms with van der Waals surface area (Å²) in [6, 6.07) is 2.08. The molecule has 0 unspecified atom stereocenters. The maximum atomic E-state index is 6.24. The number of rotatable bonds is 2. The minimum Gasteiger partial charge on any atom is -0.384 e. The summed E-state index contributed by atoms with van der Waals surface area (Å²) in [5.74, 6) is 3.74. The summed E-state index contributed by atoms with van der Waals surface area (Å²) in [7, 11) is 0. The average molecular weight is 245 g/mol. The molecule has 4 bridgehead atoms. The third-order valence-electron chi connectivity index (χ3n) is 5.60. The summed E-state index contributed by atoms with van der Waals surface area (Å²) >= 11 is 0. The first kappa shape index (κ1) is 10.9. The highest BCUT2D eigenvalue weighted by Gasteiger charge is 2.52. The van der Waals surface area contributed by atoms with Crippen LogP contribution in [0.5, 0.6) is 0 Å². The van der Waals surface area contributed by atoms with Crippen LogP contribution in [0.1, 0.15) is 51.1 Å². The molecule has 3 nitrogen and oxygen atoms in total. The number of aryl methyl sites for hydroxylation is 1. The molecule has 0 atom stereocenters. The van der Waals surface area contributed by atoms with E-state index in [9.17, 15) is 0 Å². The Morgan fingerprint density at radius 3 is 2.22 bits per heavy atom. The zero-order valence-electron chi connectivity index (χ0n) is 11.2. The van der Waals surface area contributed by atoms with Crippen LogP contribution in [0.4, 0.5) is 5.82 Å². The number of nitrogen functional groups attached to an aromatic ring is 1. The van der Waals surface area contributed by atoms with E-state index in [0.717, 1.165) is 35.7 Å². The highest BCUT2D eigenvalue weighted by Crippen LogP contribution is 2.59. The zero-order chi connectivity index (χ0) is 12.3. The number of anilines is 1. The Labute approximate surface area is 109 Å². The lowest BCUT2D eigenvalue weighted by atomic mass is 9.53. The Balaban J connectivity index is 1.76. The van der Waals surface area contributed by atoms with Gasteiger partial charge in [0.2, 0.25) is 0 Å². The van der Waals surface area contributed by atoms with E-state index in [-0.39, 0.29) is 5.54 Å². The summed E-state index contributed by atoms with van der Waals surface area (Å²) < 4.78 is 2.22. The lowest BCUT2D eigenvalue weighted by Gasteiger charge is -2.56. The van der Waals surface area contributed by atoms with Gasteiger partial charge >= 0.3 is 0 Å². The lowest BCUT2D eigenvalue weighted by Crippen LogP contribution is -2.52. The van der Waals surface area contributed by atoms with Gasteiger partial charge in [-0.3, -0.25) is 0 Å². The van der Waals surface area contributed by atoms with Gasteiger partial charge in [-0.2, -0.15) is 5.10 Å². The van der Waals surface area contributed by atoms with E-state index in [0.29, 0.717) is 0 Å². The van der Waals surface area contributed by atoms with E-state index in [1.165, 1.54) is 38.5 Å². The number of nitrogens with two attached hydrogens (primary N) is 1. The number of hydrogen-bond donors (Lipinski definition) is 1. The fourth-order valence-corrected chi connectivity index (χ4v) is 5.32. The molecular weight excluding hydrogens is 222 g/mol. The van der Waals surface area contributed by atoms with Crippen molar-refractivity contribution in [3.8, 4) is 0 Å². The first-order chi connectivity index (χ1) is 8.68. The first-order valence-electron chi connectivity index (χ1n) is 7.53. The molecule has 4 aliphatic carbocycles. The molecule has 2 N–H and O–H groups in total. The van der Waals surface area contributed by atoms with Crippen LogP contribution < -0.4 is 5.73 Å². The molecule has 5 rings (SSSR count). The Morgan fingerprint density at radius 2 is 1.78 bits per heavy atom. The molecule has 3 heteroatoms. The predicted molar refractivity (Wildman–Crippen MR) is 72.2 cm³/mol. The molecule has 0 spiro atoms. The van der Waals surface area contributed by atoms with Crippen LogP contribution in [-0.2, 0) is 12.0 Å². The van der Waals surface area contributed by atoms with E-state index in [2.05, 4.69) is 17.7 Å². The van der Waals surface area contributed by atoms with Crippen molar-refractivity contribution in [3.63, 3.8) is 0 Å². The van der Waals surface area contributed by atoms with E-state index >= 15 is 0 Å². The Bertz CT molecular complexity index is 439. The monoisotopic (exact) mass is 245 g/mol. The van der Waals surface area contributed by atoms with Gasteiger partial charge in [-0.1, -0.05) is 6.92 Å². The van der Waals surface area contributed by atoms with Crippen LogP contribution >= 0.6 is 0 Å². The average Bonchev–Trinajstić information content (AvgIpc) is 2.69. The molecule has 4 fully saturated rings. The second-order valence-electron chi connectivity index (χ2n) is 6.97. The molecule has 1 heterocycles. The minimum atomic E-state index is 0.284. The Morgan fingerprint density at radius 1 is 1.22 bits per heavy atom. The van der Waals surface area contributed by atoms with Crippen LogP contribution in [0, 0.1) is 17.8 Å². The topological polar surface area (TPSA) is 43.8 Å². The van der Waals surface area contributed by atoms with Crippen LogP contribution in [0.15, 0.2) is 6.07 Å². The summed E-state index contributed by atoms with van der Waals surface area (Å²) in [5, 5.41) is 4.81. The maximum Gasteiger partial charge on any atom is 0.122 e. The number of hydrogen-bond acceptors (Lipinski definition) is 2. The van der Waals surface area contributed by atoms with Crippen molar-refractivity contribution in [2.75, 3.05) is 5.73 Å². The Hall–Kier alpha value is -0.990. The van der Waals surface area contributed by atoms with E-state index < -0.39 is 0 Å². The SMILES string of the molecule is CCc1cc(N)n(C23CC4CC(CC(C4)C2)C3)n1. The van der Waals surface area contributed by atoms with Crippen LogP contribution in [-0.4, -0.2) is 9.78 Å². The number of nitrogens with zero attached hydrogens (tertiary/aromatic N) is 2. The van der Waals surface area contributed by atoms with Gasteiger partial charge in [0.25, 0.3) is 0 Å². The molecule has 4 aliphatic rings. The molecule has 1 aromatic heterocycles. The molecule has 98 valence electrons. The quantitative estimate of drug-likeness (QED) is 0.870. The van der Waals surface area contributed by atoms with Gasteiger partial charge in [0.15, 0.2) is 0 Å².